The van der Waals surface area contributed by atoms with Crippen molar-refractivity contribution in [1.29, 1.82) is 0 Å². The second kappa shape index (κ2) is 8.27. The summed E-state index contributed by atoms with van der Waals surface area (Å²) in [6.07, 6.45) is 0. The van der Waals surface area contributed by atoms with Crippen molar-refractivity contribution in [3.05, 3.63) is 53.0 Å². The van der Waals surface area contributed by atoms with E-state index in [0.717, 1.165) is 40.9 Å². The number of hydrogen-bond donors (Lipinski definition) is 2. The van der Waals surface area contributed by atoms with Crippen molar-refractivity contribution in [3.63, 3.8) is 0 Å². The maximum atomic E-state index is 5.54. The van der Waals surface area contributed by atoms with Crippen molar-refractivity contribution in [2.75, 3.05) is 13.7 Å². The minimum atomic E-state index is 0.588. The van der Waals surface area contributed by atoms with Crippen LogP contribution in [0.3, 0.4) is 0 Å². The number of ether oxygens (including phenoxy) is 1. The molecule has 0 atom stereocenters. The van der Waals surface area contributed by atoms with Gasteiger partial charge in [0.15, 0.2) is 5.96 Å². The summed E-state index contributed by atoms with van der Waals surface area (Å²) in [6.45, 7) is 8.01. The minimum absolute atomic E-state index is 0.588. The number of guanidine groups is 1. The Morgan fingerprint density at radius 2 is 1.96 bits per heavy atom. The molecule has 23 heavy (non-hydrogen) atoms. The van der Waals surface area contributed by atoms with Crippen molar-refractivity contribution in [3.8, 4) is 5.75 Å². The Balaban J connectivity index is 2.03. The molecule has 0 aliphatic rings. The van der Waals surface area contributed by atoms with Crippen molar-refractivity contribution < 1.29 is 9.15 Å². The number of methoxy groups -OCH3 is 1. The van der Waals surface area contributed by atoms with Gasteiger partial charge in [-0.2, -0.15) is 0 Å². The van der Waals surface area contributed by atoms with Gasteiger partial charge < -0.3 is 19.8 Å². The number of nitrogens with one attached hydrogen (secondary N) is 2. The maximum Gasteiger partial charge on any atom is 0.191 e. The predicted molar refractivity (Wildman–Crippen MR) is 92.8 cm³/mol. The number of benzene rings is 1. The summed E-state index contributed by atoms with van der Waals surface area (Å²) in [5.74, 6) is 3.49. The predicted octanol–water partition coefficient (Wildman–Crippen LogP) is 3.16. The Hall–Kier alpha value is -2.43. The molecule has 5 heteroatoms. The number of hydrogen-bond acceptors (Lipinski definition) is 3. The molecule has 0 saturated carbocycles. The Labute approximate surface area is 137 Å². The third-order valence-corrected chi connectivity index (χ3v) is 3.53. The van der Waals surface area contributed by atoms with Gasteiger partial charge in [-0.1, -0.05) is 18.2 Å². The van der Waals surface area contributed by atoms with E-state index in [1.165, 1.54) is 0 Å². The van der Waals surface area contributed by atoms with Crippen LogP contribution in [-0.2, 0) is 13.1 Å². The maximum absolute atomic E-state index is 5.54. The molecule has 2 rings (SSSR count). The molecule has 0 aliphatic heterocycles. The van der Waals surface area contributed by atoms with E-state index < -0.39 is 0 Å². The zero-order chi connectivity index (χ0) is 16.7. The average molecular weight is 315 g/mol. The lowest BCUT2D eigenvalue weighted by Gasteiger charge is -2.13. The Morgan fingerprint density at radius 3 is 2.61 bits per heavy atom. The van der Waals surface area contributed by atoms with E-state index in [1.807, 2.05) is 51.1 Å². The molecule has 1 heterocycles. The molecule has 124 valence electrons. The van der Waals surface area contributed by atoms with Gasteiger partial charge in [-0.25, -0.2) is 4.99 Å². The van der Waals surface area contributed by atoms with Crippen LogP contribution in [-0.4, -0.2) is 19.6 Å². The zero-order valence-corrected chi connectivity index (χ0v) is 14.3. The van der Waals surface area contributed by atoms with Crippen LogP contribution < -0.4 is 15.4 Å². The Bertz CT molecular complexity index is 662. The third kappa shape index (κ3) is 4.77. The van der Waals surface area contributed by atoms with Crippen molar-refractivity contribution >= 4 is 5.96 Å². The van der Waals surface area contributed by atoms with Gasteiger partial charge in [0.1, 0.15) is 17.3 Å². The SMILES string of the molecule is CCNC(=NCc1cc(C)oc1C)NCc1ccccc1OC. The molecular formula is C18H25N3O2. The molecule has 2 N–H and O–H groups in total. The lowest BCUT2D eigenvalue weighted by molar-refractivity contribution is 0.409. The van der Waals surface area contributed by atoms with E-state index in [4.69, 9.17) is 9.15 Å². The molecule has 0 radical (unpaired) electrons. The smallest absolute Gasteiger partial charge is 0.191 e. The fourth-order valence-corrected chi connectivity index (χ4v) is 2.37. The number of para-hydroxylation sites is 1. The van der Waals surface area contributed by atoms with Crippen LogP contribution in [0.1, 0.15) is 29.6 Å². The largest absolute Gasteiger partial charge is 0.496 e. The second-order valence-electron chi connectivity index (χ2n) is 5.30. The molecule has 0 spiro atoms. The summed E-state index contributed by atoms with van der Waals surface area (Å²) in [5.41, 5.74) is 2.20. The van der Waals surface area contributed by atoms with Gasteiger partial charge in [0.25, 0.3) is 0 Å². The van der Waals surface area contributed by atoms with Gasteiger partial charge >= 0.3 is 0 Å². The lowest BCUT2D eigenvalue weighted by Crippen LogP contribution is -2.36. The summed E-state index contributed by atoms with van der Waals surface area (Å²) in [4.78, 5) is 4.62. The van der Waals surface area contributed by atoms with Crippen molar-refractivity contribution in [2.24, 2.45) is 4.99 Å². The molecule has 0 saturated heterocycles. The second-order valence-corrected chi connectivity index (χ2v) is 5.30. The third-order valence-electron chi connectivity index (χ3n) is 3.53. The lowest BCUT2D eigenvalue weighted by atomic mass is 10.2. The van der Waals surface area contributed by atoms with E-state index >= 15 is 0 Å². The van der Waals surface area contributed by atoms with Crippen LogP contribution in [0.2, 0.25) is 0 Å². The van der Waals surface area contributed by atoms with Crippen LogP contribution in [0.15, 0.2) is 39.7 Å². The fraction of sp³-hybridized carbons (Fsp3) is 0.389. The first-order chi connectivity index (χ1) is 11.1. The van der Waals surface area contributed by atoms with Gasteiger partial charge in [-0.05, 0) is 32.9 Å². The molecule has 0 unspecified atom stereocenters. The van der Waals surface area contributed by atoms with E-state index in [9.17, 15) is 0 Å². The van der Waals surface area contributed by atoms with Crippen LogP contribution in [0.4, 0.5) is 0 Å². The normalized spacial score (nSPS) is 11.4. The highest BCUT2D eigenvalue weighted by Crippen LogP contribution is 2.17. The quantitative estimate of drug-likeness (QED) is 0.635. The van der Waals surface area contributed by atoms with Gasteiger partial charge in [0, 0.05) is 24.2 Å². The summed E-state index contributed by atoms with van der Waals surface area (Å²) >= 11 is 0. The first kappa shape index (κ1) is 16.9. The zero-order valence-electron chi connectivity index (χ0n) is 14.3. The highest BCUT2D eigenvalue weighted by Gasteiger charge is 2.06. The topological polar surface area (TPSA) is 58.8 Å². The standard InChI is InChI=1S/C18H25N3O2/c1-5-19-18(21-12-16-10-13(2)23-14(16)3)20-11-15-8-6-7-9-17(15)22-4/h6-10H,5,11-12H2,1-4H3,(H2,19,20,21). The number of aryl methyl sites for hydroxylation is 2. The fourth-order valence-electron chi connectivity index (χ4n) is 2.37. The molecule has 0 amide bonds. The summed E-state index contributed by atoms with van der Waals surface area (Å²) in [6, 6.07) is 9.99. The van der Waals surface area contributed by atoms with Crippen molar-refractivity contribution in [2.45, 2.75) is 33.9 Å². The highest BCUT2D eigenvalue weighted by atomic mass is 16.5. The Morgan fingerprint density at radius 1 is 1.17 bits per heavy atom. The number of furan rings is 1. The minimum Gasteiger partial charge on any atom is -0.496 e. The summed E-state index contributed by atoms with van der Waals surface area (Å²) in [5, 5.41) is 6.59. The molecule has 5 nitrogen and oxygen atoms in total. The van der Waals surface area contributed by atoms with Crippen LogP contribution in [0.5, 0.6) is 5.75 Å². The summed E-state index contributed by atoms with van der Waals surface area (Å²) in [7, 11) is 1.68. The highest BCUT2D eigenvalue weighted by molar-refractivity contribution is 5.79. The molecular weight excluding hydrogens is 290 g/mol. The van der Waals surface area contributed by atoms with Crippen LogP contribution >= 0.6 is 0 Å². The van der Waals surface area contributed by atoms with Crippen molar-refractivity contribution in [1.82, 2.24) is 10.6 Å². The molecule has 1 aromatic heterocycles. The van der Waals surface area contributed by atoms with E-state index in [1.54, 1.807) is 7.11 Å². The van der Waals surface area contributed by atoms with Gasteiger partial charge in [-0.15, -0.1) is 0 Å². The van der Waals surface area contributed by atoms with E-state index in [-0.39, 0.29) is 0 Å². The van der Waals surface area contributed by atoms with Crippen LogP contribution in [0.25, 0.3) is 0 Å². The first-order valence-corrected chi connectivity index (χ1v) is 7.84. The monoisotopic (exact) mass is 315 g/mol. The molecule has 0 aliphatic carbocycles. The Kier molecular flexibility index (Phi) is 6.09. The van der Waals surface area contributed by atoms with Gasteiger partial charge in [0.2, 0.25) is 0 Å². The average Bonchev–Trinajstić information content (AvgIpc) is 2.88. The molecule has 0 bridgehead atoms. The summed E-state index contributed by atoms with van der Waals surface area (Å²) < 4.78 is 10.9. The number of rotatable bonds is 6. The van der Waals surface area contributed by atoms with Gasteiger partial charge in [-0.3, -0.25) is 0 Å². The molecule has 0 fully saturated rings. The molecule has 1 aromatic carbocycles. The van der Waals surface area contributed by atoms with E-state index in [2.05, 4.69) is 15.6 Å². The first-order valence-electron chi connectivity index (χ1n) is 7.84. The molecule has 2 aromatic rings. The van der Waals surface area contributed by atoms with Gasteiger partial charge in [0.05, 0.1) is 13.7 Å². The van der Waals surface area contributed by atoms with E-state index in [0.29, 0.717) is 13.1 Å². The van der Waals surface area contributed by atoms with Crippen LogP contribution in [0, 0.1) is 13.8 Å². The number of aliphatic imine (C=N–C) groups is 1. The number of nitrogens with zero attached hydrogens (tertiary/aromatic N) is 1.